The van der Waals surface area contributed by atoms with Crippen molar-refractivity contribution in [2.45, 2.75) is 121 Å². The highest BCUT2D eigenvalue weighted by molar-refractivity contribution is 5.87. The van der Waals surface area contributed by atoms with Gasteiger partial charge in [0, 0.05) is 18.5 Å². The number of nitrogens with zero attached hydrogens (tertiary/aromatic N) is 4. The topological polar surface area (TPSA) is 175 Å². The standard InChI is InChI=1S/C47H59FN8O6/c1-26(2)39(53-45(59)61-5)43(57)55-21-9-10-36(55)41-49-23-34(51-41)29-13-11-28(12-14-29)31-15-16-32(33-17-20-47(38(31)33)18-7-8-19-47)35-24-50-42(52-35)37-22-30(48)25-56(37)44(58)40(27(3)4)54-46(60)62-6/h11-16,23-24,26-27,30,36-37,39-40H,7-10,17-22,25H2,1-6H3,(H,49,51)(H,50,52)(H,53,59)(H,54,60). The molecule has 4 amide bonds. The number of benzene rings is 2. The molecule has 5 atom stereocenters. The first-order valence-electron chi connectivity index (χ1n) is 22.1. The number of fused-ring (bicyclic) bond motifs is 2. The molecule has 8 rings (SSSR count). The molecule has 14 nitrogen and oxygen atoms in total. The number of hydrogen-bond donors (Lipinski definition) is 4. The monoisotopic (exact) mass is 850 g/mol. The molecule has 62 heavy (non-hydrogen) atoms. The molecule has 2 aromatic carbocycles. The van der Waals surface area contributed by atoms with Gasteiger partial charge in [-0.05, 0) is 83.6 Å². The number of likely N-dealkylation sites (tertiary alicyclic amines) is 2. The second-order valence-corrected chi connectivity index (χ2v) is 18.2. The third-order valence-corrected chi connectivity index (χ3v) is 13.7. The van der Waals surface area contributed by atoms with E-state index in [1.807, 2.05) is 38.8 Å². The summed E-state index contributed by atoms with van der Waals surface area (Å²) < 4.78 is 24.6. The molecule has 5 unspecified atom stereocenters. The zero-order valence-corrected chi connectivity index (χ0v) is 36.6. The summed E-state index contributed by atoms with van der Waals surface area (Å²) in [6.07, 6.45) is 9.51. The van der Waals surface area contributed by atoms with Gasteiger partial charge in [0.15, 0.2) is 0 Å². The third kappa shape index (κ3) is 8.06. The summed E-state index contributed by atoms with van der Waals surface area (Å²) in [6, 6.07) is 10.6. The van der Waals surface area contributed by atoms with Gasteiger partial charge in [0.2, 0.25) is 11.8 Å². The number of amides is 4. The molecule has 1 saturated carbocycles. The Morgan fingerprint density at radius 2 is 1.31 bits per heavy atom. The van der Waals surface area contributed by atoms with Gasteiger partial charge in [0.05, 0.1) is 56.6 Å². The minimum absolute atomic E-state index is 0.0742. The van der Waals surface area contributed by atoms with Crippen LogP contribution in [0.25, 0.3) is 33.6 Å². The van der Waals surface area contributed by atoms with Crippen molar-refractivity contribution < 1.29 is 33.0 Å². The van der Waals surface area contributed by atoms with Crippen molar-refractivity contribution in [3.05, 3.63) is 71.6 Å². The minimum atomic E-state index is -1.22. The third-order valence-electron chi connectivity index (χ3n) is 13.7. The number of methoxy groups -OCH3 is 2. The van der Waals surface area contributed by atoms with Crippen LogP contribution in [0, 0.1) is 11.8 Å². The van der Waals surface area contributed by atoms with Crippen molar-refractivity contribution in [2.24, 2.45) is 11.8 Å². The van der Waals surface area contributed by atoms with Crippen molar-refractivity contribution in [3.8, 4) is 33.6 Å². The molecule has 0 radical (unpaired) electrons. The van der Waals surface area contributed by atoms with E-state index in [9.17, 15) is 19.2 Å². The number of imidazole rings is 2. The van der Waals surface area contributed by atoms with Crippen molar-refractivity contribution in [1.29, 1.82) is 0 Å². The van der Waals surface area contributed by atoms with Gasteiger partial charge in [0.25, 0.3) is 0 Å². The average Bonchev–Trinajstić information content (AvgIpc) is 4.13. The predicted octanol–water partition coefficient (Wildman–Crippen LogP) is 7.93. The molecule has 1 spiro atoms. The Hall–Kier alpha value is -5.73. The van der Waals surface area contributed by atoms with E-state index in [-0.39, 0.29) is 48.1 Å². The lowest BCUT2D eigenvalue weighted by molar-refractivity contribution is -0.136. The molecule has 4 aromatic rings. The number of ether oxygens (including phenoxy) is 2. The summed E-state index contributed by atoms with van der Waals surface area (Å²) in [5.74, 6) is 0.395. The molecule has 4 heterocycles. The first kappa shape index (κ1) is 42.9. The summed E-state index contributed by atoms with van der Waals surface area (Å²) >= 11 is 0. The first-order chi connectivity index (χ1) is 29.8. The van der Waals surface area contributed by atoms with Crippen LogP contribution in [-0.4, -0.2) is 99.3 Å². The smallest absolute Gasteiger partial charge is 0.407 e. The number of alkyl halides is 1. The number of alkyl carbamates (subject to hydrolysis) is 2. The molecule has 330 valence electrons. The zero-order valence-electron chi connectivity index (χ0n) is 36.6. The van der Waals surface area contributed by atoms with E-state index in [1.54, 1.807) is 6.20 Å². The minimum Gasteiger partial charge on any atom is -0.453 e. The van der Waals surface area contributed by atoms with Gasteiger partial charge in [-0.15, -0.1) is 0 Å². The molecule has 2 saturated heterocycles. The fourth-order valence-electron chi connectivity index (χ4n) is 10.5. The molecule has 2 aliphatic carbocycles. The van der Waals surface area contributed by atoms with Crippen molar-refractivity contribution in [2.75, 3.05) is 27.3 Å². The first-order valence-corrected chi connectivity index (χ1v) is 22.1. The Bertz CT molecular complexity index is 2300. The van der Waals surface area contributed by atoms with E-state index < -0.39 is 36.5 Å². The van der Waals surface area contributed by atoms with Crippen LogP contribution in [-0.2, 0) is 30.9 Å². The summed E-state index contributed by atoms with van der Waals surface area (Å²) in [5.41, 5.74) is 8.94. The van der Waals surface area contributed by atoms with Crippen LogP contribution in [0.4, 0.5) is 14.0 Å². The van der Waals surface area contributed by atoms with Crippen molar-refractivity contribution >= 4 is 24.0 Å². The molecule has 0 bridgehead atoms. The van der Waals surface area contributed by atoms with E-state index in [0.717, 1.165) is 72.4 Å². The summed E-state index contributed by atoms with van der Waals surface area (Å²) in [4.78, 5) is 71.5. The van der Waals surface area contributed by atoms with Gasteiger partial charge in [-0.2, -0.15) is 0 Å². The van der Waals surface area contributed by atoms with Crippen LogP contribution in [0.2, 0.25) is 0 Å². The summed E-state index contributed by atoms with van der Waals surface area (Å²) in [5, 5.41) is 5.35. The molecule has 2 aliphatic heterocycles. The highest BCUT2D eigenvalue weighted by Gasteiger charge is 2.45. The lowest BCUT2D eigenvalue weighted by Crippen LogP contribution is -2.51. The van der Waals surface area contributed by atoms with E-state index in [2.05, 4.69) is 57.0 Å². The zero-order chi connectivity index (χ0) is 43.9. The van der Waals surface area contributed by atoms with Crippen molar-refractivity contribution in [1.82, 2.24) is 40.4 Å². The molecular formula is C47H59FN8O6. The van der Waals surface area contributed by atoms with Gasteiger partial charge in [-0.3, -0.25) is 9.59 Å². The highest BCUT2D eigenvalue weighted by atomic mass is 19.1. The number of carbonyl (C=O) groups is 4. The van der Waals surface area contributed by atoms with Crippen LogP contribution in [0.3, 0.4) is 0 Å². The van der Waals surface area contributed by atoms with Gasteiger partial charge in [-0.25, -0.2) is 23.9 Å². The molecule has 15 heteroatoms. The number of hydrogen-bond acceptors (Lipinski definition) is 8. The maximum Gasteiger partial charge on any atom is 0.407 e. The van der Waals surface area contributed by atoms with E-state index >= 15 is 4.39 Å². The molecule has 3 fully saturated rings. The van der Waals surface area contributed by atoms with Crippen LogP contribution >= 0.6 is 0 Å². The second-order valence-electron chi connectivity index (χ2n) is 18.2. The Balaban J connectivity index is 1.05. The number of aromatic nitrogens is 4. The number of nitrogens with one attached hydrogen (secondary N) is 4. The van der Waals surface area contributed by atoms with E-state index in [4.69, 9.17) is 19.4 Å². The van der Waals surface area contributed by atoms with Gasteiger partial charge < -0.3 is 39.9 Å². The quantitative estimate of drug-likeness (QED) is 0.118. The molecule has 4 N–H and O–H groups in total. The second kappa shape index (κ2) is 17.6. The average molecular weight is 851 g/mol. The van der Waals surface area contributed by atoms with Crippen LogP contribution in [0.5, 0.6) is 0 Å². The largest absolute Gasteiger partial charge is 0.453 e. The Labute approximate surface area is 362 Å². The number of H-pyrrole nitrogens is 2. The van der Waals surface area contributed by atoms with Gasteiger partial charge in [0.1, 0.15) is 29.9 Å². The number of aromatic amines is 2. The lowest BCUT2D eigenvalue weighted by Gasteiger charge is -2.30. The molecule has 4 aliphatic rings. The Morgan fingerprint density at radius 1 is 0.742 bits per heavy atom. The Kier molecular flexibility index (Phi) is 12.2. The van der Waals surface area contributed by atoms with Gasteiger partial charge in [-0.1, -0.05) is 76.9 Å². The van der Waals surface area contributed by atoms with Crippen LogP contribution in [0.15, 0.2) is 48.8 Å². The fraction of sp³-hybridized carbons (Fsp3) is 0.532. The maximum absolute atomic E-state index is 15.1. The van der Waals surface area contributed by atoms with E-state index in [1.165, 1.54) is 48.7 Å². The Morgan fingerprint density at radius 3 is 1.94 bits per heavy atom. The fourth-order valence-corrected chi connectivity index (χ4v) is 10.5. The van der Waals surface area contributed by atoms with E-state index in [0.29, 0.717) is 12.4 Å². The summed E-state index contributed by atoms with van der Waals surface area (Å²) in [7, 11) is 2.54. The molecule has 2 aromatic heterocycles. The van der Waals surface area contributed by atoms with Gasteiger partial charge >= 0.3 is 12.2 Å². The highest BCUT2D eigenvalue weighted by Crippen LogP contribution is 2.55. The van der Waals surface area contributed by atoms with Crippen molar-refractivity contribution in [3.63, 3.8) is 0 Å². The normalized spacial score (nSPS) is 21.4. The lowest BCUT2D eigenvalue weighted by atomic mass is 9.76. The SMILES string of the molecule is COC(=O)NC(C(=O)N1CCCC1c1ncc(-c2ccc(-c3ccc(-c4cnc(C5CC(F)CN5C(=O)C(NC(=O)OC)C(C)C)[nH]4)c4c3C3(CCCC3)CC4)cc2)[nH]1)C(C)C. The predicted molar refractivity (Wildman–Crippen MR) is 231 cm³/mol. The molecular weight excluding hydrogens is 792 g/mol. The summed E-state index contributed by atoms with van der Waals surface area (Å²) in [6.45, 7) is 7.99. The number of halogens is 1. The maximum atomic E-state index is 15.1. The number of carbonyl (C=O) groups excluding carboxylic acids is 4. The van der Waals surface area contributed by atoms with Crippen LogP contribution in [0.1, 0.15) is 114 Å². The number of rotatable bonds is 11. The van der Waals surface area contributed by atoms with Crippen LogP contribution < -0.4 is 10.6 Å².